The minimum absolute atomic E-state index is 0.0838. The number of ether oxygens (including phenoxy) is 3. The lowest BCUT2D eigenvalue weighted by Gasteiger charge is -2.32. The Labute approximate surface area is 347 Å². The maximum Gasteiger partial charge on any atom is 0.516 e. The average Bonchev–Trinajstić information content (AvgIpc) is 3.75. The number of aromatic nitrogens is 1. The van der Waals surface area contributed by atoms with Crippen LogP contribution >= 0.6 is 0 Å². The fourth-order valence-electron chi connectivity index (χ4n) is 8.22. The van der Waals surface area contributed by atoms with E-state index in [9.17, 15) is 40.8 Å². The van der Waals surface area contributed by atoms with Crippen molar-refractivity contribution in [3.63, 3.8) is 0 Å². The number of nitrogens with zero attached hydrogens (tertiary/aromatic N) is 2. The zero-order valence-corrected chi connectivity index (χ0v) is 35.1. The van der Waals surface area contributed by atoms with E-state index in [-0.39, 0.29) is 38.1 Å². The molecule has 0 spiro atoms. The van der Waals surface area contributed by atoms with Crippen molar-refractivity contribution in [1.29, 1.82) is 0 Å². The fourth-order valence-corrected chi connectivity index (χ4v) is 8.77. The summed E-state index contributed by atoms with van der Waals surface area (Å²) in [4.78, 5) is 61.9. The van der Waals surface area contributed by atoms with Crippen molar-refractivity contribution in [2.75, 3.05) is 13.7 Å². The molecule has 2 aromatic carbocycles. The summed E-state index contributed by atoms with van der Waals surface area (Å²) in [5.74, 6) is -2.72. The zero-order valence-electron chi connectivity index (χ0n) is 34.3. The number of hydrogen-bond donors (Lipinski definition) is 3. The van der Waals surface area contributed by atoms with Crippen molar-refractivity contribution in [2.24, 2.45) is 11.8 Å². The third kappa shape index (κ3) is 10.1. The Hall–Kier alpha value is -5.13. The molecule has 3 N–H and O–H groups in total. The van der Waals surface area contributed by atoms with Gasteiger partial charge in [0.2, 0.25) is 11.8 Å². The van der Waals surface area contributed by atoms with Gasteiger partial charge < -0.3 is 29.7 Å². The number of carbonyl (C=O) groups is 4. The summed E-state index contributed by atoms with van der Waals surface area (Å²) in [5.41, 5.74) is -6.75. The van der Waals surface area contributed by atoms with Gasteiger partial charge in [-0.3, -0.25) is 14.4 Å². The van der Waals surface area contributed by atoms with Gasteiger partial charge in [-0.25, -0.2) is 14.5 Å². The van der Waals surface area contributed by atoms with Crippen LogP contribution in [0, 0.1) is 11.8 Å². The van der Waals surface area contributed by atoms with Crippen LogP contribution in [0.15, 0.2) is 54.6 Å². The highest BCUT2D eigenvalue weighted by molar-refractivity contribution is 7.90. The van der Waals surface area contributed by atoms with E-state index in [0.717, 1.165) is 42.4 Å². The number of amides is 4. The van der Waals surface area contributed by atoms with Crippen LogP contribution in [0.4, 0.5) is 18.0 Å². The highest BCUT2D eigenvalue weighted by atomic mass is 32.2. The second-order valence-corrected chi connectivity index (χ2v) is 18.5. The first-order valence-electron chi connectivity index (χ1n) is 20.2. The molecule has 2 saturated carbocycles. The quantitative estimate of drug-likeness (QED) is 0.175. The first kappa shape index (κ1) is 44.4. The normalized spacial score (nSPS) is 22.7. The standard InChI is InChI=1S/C42H52F3N5O9S/c1-6-27-23-41(27,38(53)49-60(55,56)42(43,44)45)48-36(51)34-21-29(24-50(34)37(52)33(19-25-13-9-7-10-14-25)47-39(54)59-40(2,3)4)58-35-22-31(26-15-11-8-12-16-26)46-32-20-28(57-5)17-18-30(32)35/h8,11-12,15-18,20,22,25,27,29,33-34H,6-7,9-10,13-14,19,21,23-24H2,1-5H3,(H,47,54)(H,48,51)(H,49,53)/t27-,29-,33+,34+,41-/m1/s1. The van der Waals surface area contributed by atoms with E-state index in [0.29, 0.717) is 28.1 Å². The van der Waals surface area contributed by atoms with Gasteiger partial charge >= 0.3 is 21.6 Å². The summed E-state index contributed by atoms with van der Waals surface area (Å²) in [5, 5.41) is 5.89. The second kappa shape index (κ2) is 17.5. The molecular weight excluding hydrogens is 808 g/mol. The molecule has 4 amide bonds. The molecule has 1 saturated heterocycles. The van der Waals surface area contributed by atoms with E-state index in [1.807, 2.05) is 30.3 Å². The van der Waals surface area contributed by atoms with Crippen LogP contribution in [-0.4, -0.2) is 90.6 Å². The molecule has 14 nitrogen and oxygen atoms in total. The van der Waals surface area contributed by atoms with Gasteiger partial charge in [-0.2, -0.15) is 21.6 Å². The van der Waals surface area contributed by atoms with Crippen LogP contribution in [0.2, 0.25) is 0 Å². The monoisotopic (exact) mass is 859 g/mol. The first-order chi connectivity index (χ1) is 28.2. The minimum Gasteiger partial charge on any atom is -0.497 e. The third-order valence-electron chi connectivity index (χ3n) is 11.4. The van der Waals surface area contributed by atoms with Gasteiger partial charge in [-0.1, -0.05) is 75.8 Å². The number of alkyl carbamates (subject to hydrolysis) is 1. The van der Waals surface area contributed by atoms with E-state index in [1.54, 1.807) is 52.0 Å². The van der Waals surface area contributed by atoms with E-state index in [2.05, 4.69) is 10.6 Å². The molecule has 2 aliphatic carbocycles. The summed E-state index contributed by atoms with van der Waals surface area (Å²) < 4.78 is 82.7. The Kier molecular flexibility index (Phi) is 12.9. The van der Waals surface area contributed by atoms with Crippen LogP contribution in [0.1, 0.15) is 85.5 Å². The summed E-state index contributed by atoms with van der Waals surface area (Å²) in [6.07, 6.45) is 3.14. The molecule has 0 unspecified atom stereocenters. The van der Waals surface area contributed by atoms with Crippen molar-refractivity contribution in [3.05, 3.63) is 54.6 Å². The summed E-state index contributed by atoms with van der Waals surface area (Å²) in [7, 11) is -4.56. The highest BCUT2D eigenvalue weighted by Gasteiger charge is 2.63. The largest absolute Gasteiger partial charge is 0.516 e. The van der Waals surface area contributed by atoms with Crippen LogP contribution in [0.25, 0.3) is 22.2 Å². The van der Waals surface area contributed by atoms with E-state index >= 15 is 0 Å². The molecule has 18 heteroatoms. The Morgan fingerprint density at radius 1 is 1.00 bits per heavy atom. The fraction of sp³-hybridized carbons (Fsp3) is 0.548. The SMILES string of the molecule is CC[C@@H]1C[C@]1(NC(=O)[C@@H]1C[C@@H](Oc2cc(-c3ccccc3)nc3cc(OC)ccc23)CN1C(=O)[C@H](CC1CCCCC1)NC(=O)OC(C)(C)C)C(=O)NS(=O)(=O)C(F)(F)F. The number of methoxy groups -OCH3 is 1. The van der Waals surface area contributed by atoms with Gasteiger partial charge in [0.1, 0.15) is 40.8 Å². The van der Waals surface area contributed by atoms with Gasteiger partial charge in [-0.15, -0.1) is 0 Å². The average molecular weight is 860 g/mol. The van der Waals surface area contributed by atoms with Crippen LogP contribution in [0.5, 0.6) is 11.5 Å². The lowest BCUT2D eigenvalue weighted by Crippen LogP contribution is -2.59. The van der Waals surface area contributed by atoms with Crippen molar-refractivity contribution in [1.82, 2.24) is 25.2 Å². The summed E-state index contributed by atoms with van der Waals surface area (Å²) in [6, 6.07) is 13.9. The molecule has 3 fully saturated rings. The number of sulfonamides is 1. The molecule has 6 rings (SSSR count). The van der Waals surface area contributed by atoms with E-state index in [1.165, 1.54) is 12.0 Å². The first-order valence-corrected chi connectivity index (χ1v) is 21.7. The second-order valence-electron chi connectivity index (χ2n) is 16.8. The number of benzene rings is 2. The molecule has 0 radical (unpaired) electrons. The summed E-state index contributed by atoms with van der Waals surface area (Å²) >= 11 is 0. The third-order valence-corrected chi connectivity index (χ3v) is 12.4. The van der Waals surface area contributed by atoms with Crippen molar-refractivity contribution in [3.8, 4) is 22.8 Å². The molecule has 60 heavy (non-hydrogen) atoms. The topological polar surface area (TPSA) is 182 Å². The molecular formula is C42H52F3N5O9S. The molecule has 0 bridgehead atoms. The molecule has 5 atom stereocenters. The van der Waals surface area contributed by atoms with Crippen LogP contribution in [0.3, 0.4) is 0 Å². The minimum atomic E-state index is -6.09. The number of nitrogens with one attached hydrogen (secondary N) is 3. The van der Waals surface area contributed by atoms with Gasteiger partial charge in [0.15, 0.2) is 0 Å². The predicted octanol–water partition coefficient (Wildman–Crippen LogP) is 6.37. The number of alkyl halides is 3. The predicted molar refractivity (Wildman–Crippen MR) is 215 cm³/mol. The number of halogens is 3. The number of fused-ring (bicyclic) bond motifs is 1. The Balaban J connectivity index is 1.36. The Bertz CT molecular complexity index is 2200. The molecule has 326 valence electrons. The lowest BCUT2D eigenvalue weighted by molar-refractivity contribution is -0.141. The number of hydrogen-bond acceptors (Lipinski definition) is 10. The Morgan fingerprint density at radius 3 is 2.32 bits per heavy atom. The number of carbonyl (C=O) groups excluding carboxylic acids is 4. The van der Waals surface area contributed by atoms with E-state index < -0.39 is 74.6 Å². The smallest absolute Gasteiger partial charge is 0.497 e. The number of pyridine rings is 1. The molecule has 3 aliphatic rings. The molecule has 2 heterocycles. The van der Waals surface area contributed by atoms with Crippen molar-refractivity contribution < 1.29 is 55.0 Å². The molecule has 1 aromatic heterocycles. The van der Waals surface area contributed by atoms with Gasteiger partial charge in [0.05, 0.1) is 24.9 Å². The maximum atomic E-state index is 14.8. The van der Waals surface area contributed by atoms with Crippen LogP contribution in [-0.2, 0) is 29.1 Å². The Morgan fingerprint density at radius 2 is 1.70 bits per heavy atom. The number of likely N-dealkylation sites (tertiary alicyclic amines) is 1. The molecule has 3 aromatic rings. The highest BCUT2D eigenvalue weighted by Crippen LogP contribution is 2.47. The van der Waals surface area contributed by atoms with Crippen molar-refractivity contribution >= 4 is 44.7 Å². The maximum absolute atomic E-state index is 14.8. The van der Waals surface area contributed by atoms with Crippen LogP contribution < -0.4 is 24.8 Å². The summed E-state index contributed by atoms with van der Waals surface area (Å²) in [6.45, 7) is 6.54. The van der Waals surface area contributed by atoms with Crippen molar-refractivity contribution in [2.45, 2.75) is 120 Å². The lowest BCUT2D eigenvalue weighted by atomic mass is 9.84. The zero-order chi connectivity index (χ0) is 43.6. The van der Waals surface area contributed by atoms with E-state index in [4.69, 9.17) is 19.2 Å². The van der Waals surface area contributed by atoms with Gasteiger partial charge in [0, 0.05) is 29.5 Å². The number of rotatable bonds is 13. The molecule has 1 aliphatic heterocycles. The van der Waals surface area contributed by atoms with Gasteiger partial charge in [0.25, 0.3) is 5.91 Å². The van der Waals surface area contributed by atoms with Gasteiger partial charge in [-0.05, 0) is 57.6 Å².